The highest BCUT2D eigenvalue weighted by Gasteiger charge is 2.04. The van der Waals surface area contributed by atoms with Crippen LogP contribution in [0.25, 0.3) is 0 Å². The maximum absolute atomic E-state index is 5.75. The second-order valence-corrected chi connectivity index (χ2v) is 4.82. The monoisotopic (exact) mass is 280 g/mol. The van der Waals surface area contributed by atoms with Gasteiger partial charge in [0.05, 0.1) is 5.88 Å². The molecule has 2 rings (SSSR count). The minimum atomic E-state index is 0.346. The molecule has 94 valence electrons. The molecule has 0 amide bonds. The van der Waals surface area contributed by atoms with Crippen LogP contribution in [0, 0.1) is 6.92 Å². The number of aromatic nitrogens is 2. The highest BCUT2D eigenvalue weighted by molar-refractivity contribution is 7.98. The molecule has 0 bridgehead atoms. The van der Waals surface area contributed by atoms with Crippen molar-refractivity contribution in [2.45, 2.75) is 17.7 Å². The summed E-state index contributed by atoms with van der Waals surface area (Å²) in [6.07, 6.45) is 3.73. The van der Waals surface area contributed by atoms with Gasteiger partial charge in [0.15, 0.2) is 0 Å². The second kappa shape index (κ2) is 6.07. The van der Waals surface area contributed by atoms with E-state index in [1.165, 1.54) is 4.90 Å². The summed E-state index contributed by atoms with van der Waals surface area (Å²) in [6, 6.07) is 8.15. The van der Waals surface area contributed by atoms with Gasteiger partial charge in [-0.3, -0.25) is 0 Å². The number of hydrogen-bond donors (Lipinski definition) is 0. The first-order chi connectivity index (χ1) is 8.72. The zero-order chi connectivity index (χ0) is 13.0. The number of aryl methyl sites for hydroxylation is 1. The first-order valence-corrected chi connectivity index (χ1v) is 7.19. The maximum atomic E-state index is 5.75. The number of benzene rings is 1. The van der Waals surface area contributed by atoms with Crippen LogP contribution in [-0.4, -0.2) is 16.2 Å². The average molecular weight is 281 g/mol. The molecule has 2 aromatic rings. The Morgan fingerprint density at radius 2 is 2.00 bits per heavy atom. The summed E-state index contributed by atoms with van der Waals surface area (Å²) in [5.41, 5.74) is 1.76. The van der Waals surface area contributed by atoms with Gasteiger partial charge in [0.25, 0.3) is 0 Å². The van der Waals surface area contributed by atoms with Crippen molar-refractivity contribution < 1.29 is 4.74 Å². The zero-order valence-corrected chi connectivity index (χ0v) is 11.8. The molecule has 0 N–H and O–H groups in total. The molecule has 0 saturated carbocycles. The fraction of sp³-hybridized carbons (Fsp3) is 0.231. The predicted octanol–water partition coefficient (Wildman–Crippen LogP) is 4.04. The van der Waals surface area contributed by atoms with Crippen LogP contribution in [0.5, 0.6) is 11.8 Å². The van der Waals surface area contributed by atoms with E-state index in [0.29, 0.717) is 11.9 Å². The van der Waals surface area contributed by atoms with E-state index in [4.69, 9.17) is 16.3 Å². The largest absolute Gasteiger partial charge is 0.424 e. The van der Waals surface area contributed by atoms with Crippen LogP contribution in [0.1, 0.15) is 11.3 Å². The SMILES string of the molecule is CSc1ccc(Oc2ncc(CCl)c(C)n2)cc1. The Labute approximate surface area is 116 Å². The molecule has 0 aliphatic heterocycles. The number of rotatable bonds is 4. The third-order valence-corrected chi connectivity index (χ3v) is 3.50. The molecule has 18 heavy (non-hydrogen) atoms. The van der Waals surface area contributed by atoms with Gasteiger partial charge in [0.2, 0.25) is 0 Å². The Kier molecular flexibility index (Phi) is 4.44. The minimum Gasteiger partial charge on any atom is -0.424 e. The first kappa shape index (κ1) is 13.2. The lowest BCUT2D eigenvalue weighted by Gasteiger charge is -2.06. The Morgan fingerprint density at radius 1 is 1.28 bits per heavy atom. The van der Waals surface area contributed by atoms with E-state index in [1.54, 1.807) is 18.0 Å². The summed E-state index contributed by atoms with van der Waals surface area (Å²) in [5.74, 6) is 1.14. The van der Waals surface area contributed by atoms with Crippen LogP contribution in [0.2, 0.25) is 0 Å². The molecule has 1 heterocycles. The number of hydrogen-bond acceptors (Lipinski definition) is 4. The van der Waals surface area contributed by atoms with Gasteiger partial charge in [-0.25, -0.2) is 4.98 Å². The van der Waals surface area contributed by atoms with Crippen molar-refractivity contribution in [3.8, 4) is 11.8 Å². The molecule has 1 aromatic carbocycles. The summed E-state index contributed by atoms with van der Waals surface area (Å²) >= 11 is 7.44. The van der Waals surface area contributed by atoms with Crippen molar-refractivity contribution in [2.24, 2.45) is 0 Å². The molecule has 1 aromatic heterocycles. The third-order valence-electron chi connectivity index (χ3n) is 2.47. The smallest absolute Gasteiger partial charge is 0.322 e. The highest BCUT2D eigenvalue weighted by atomic mass is 35.5. The number of ether oxygens (including phenoxy) is 1. The molecule has 3 nitrogen and oxygen atoms in total. The van der Waals surface area contributed by atoms with Crippen molar-refractivity contribution in [1.29, 1.82) is 0 Å². The Bertz CT molecular complexity index is 531. The maximum Gasteiger partial charge on any atom is 0.322 e. The lowest BCUT2D eigenvalue weighted by Crippen LogP contribution is -1.97. The summed E-state index contributed by atoms with van der Waals surface area (Å²) in [7, 11) is 0. The van der Waals surface area contributed by atoms with E-state index in [-0.39, 0.29) is 0 Å². The van der Waals surface area contributed by atoms with Gasteiger partial charge in [0, 0.05) is 22.3 Å². The molecular weight excluding hydrogens is 268 g/mol. The summed E-state index contributed by atoms with van der Waals surface area (Å²) in [5, 5.41) is 0. The van der Waals surface area contributed by atoms with Crippen molar-refractivity contribution in [3.05, 3.63) is 41.7 Å². The van der Waals surface area contributed by atoms with Gasteiger partial charge in [-0.15, -0.1) is 23.4 Å². The lowest BCUT2D eigenvalue weighted by molar-refractivity contribution is 0.439. The minimum absolute atomic E-state index is 0.346. The van der Waals surface area contributed by atoms with Gasteiger partial charge in [-0.05, 0) is 37.4 Å². The summed E-state index contributed by atoms with van der Waals surface area (Å²) < 4.78 is 5.58. The number of alkyl halides is 1. The molecule has 0 atom stereocenters. The zero-order valence-electron chi connectivity index (χ0n) is 10.2. The Morgan fingerprint density at radius 3 is 2.56 bits per heavy atom. The summed E-state index contributed by atoms with van der Waals surface area (Å²) in [6.45, 7) is 1.89. The van der Waals surface area contributed by atoms with Crippen LogP contribution in [0.4, 0.5) is 0 Å². The molecule has 5 heteroatoms. The van der Waals surface area contributed by atoms with E-state index in [1.807, 2.05) is 37.4 Å². The normalized spacial score (nSPS) is 10.4. The van der Waals surface area contributed by atoms with Crippen LogP contribution in [0.15, 0.2) is 35.4 Å². The van der Waals surface area contributed by atoms with Crippen LogP contribution in [-0.2, 0) is 5.88 Å². The molecule has 0 spiro atoms. The van der Waals surface area contributed by atoms with Gasteiger partial charge in [0.1, 0.15) is 5.75 Å². The topological polar surface area (TPSA) is 35.0 Å². The van der Waals surface area contributed by atoms with E-state index in [0.717, 1.165) is 17.0 Å². The molecule has 0 aliphatic carbocycles. The lowest BCUT2D eigenvalue weighted by atomic mass is 10.3. The predicted molar refractivity (Wildman–Crippen MR) is 74.6 cm³/mol. The number of halogens is 1. The fourth-order valence-corrected chi connectivity index (χ4v) is 2.07. The molecule has 0 unspecified atom stereocenters. The van der Waals surface area contributed by atoms with Crippen LogP contribution < -0.4 is 4.74 Å². The van der Waals surface area contributed by atoms with Gasteiger partial charge in [-0.2, -0.15) is 4.98 Å². The van der Waals surface area contributed by atoms with Crippen molar-refractivity contribution in [3.63, 3.8) is 0 Å². The van der Waals surface area contributed by atoms with E-state index >= 15 is 0 Å². The Balaban J connectivity index is 2.15. The van der Waals surface area contributed by atoms with Gasteiger partial charge >= 0.3 is 6.01 Å². The van der Waals surface area contributed by atoms with Crippen LogP contribution in [0.3, 0.4) is 0 Å². The number of thioether (sulfide) groups is 1. The second-order valence-electron chi connectivity index (χ2n) is 3.67. The third kappa shape index (κ3) is 3.15. The average Bonchev–Trinajstić information content (AvgIpc) is 2.40. The molecular formula is C13H13ClN2OS. The molecule has 0 aliphatic rings. The summed E-state index contributed by atoms with van der Waals surface area (Å²) in [4.78, 5) is 9.58. The van der Waals surface area contributed by atoms with Gasteiger partial charge < -0.3 is 4.74 Å². The molecule has 0 fully saturated rings. The number of nitrogens with zero attached hydrogens (tertiary/aromatic N) is 2. The first-order valence-electron chi connectivity index (χ1n) is 5.43. The van der Waals surface area contributed by atoms with Gasteiger partial charge in [-0.1, -0.05) is 0 Å². The van der Waals surface area contributed by atoms with Crippen LogP contribution >= 0.6 is 23.4 Å². The van der Waals surface area contributed by atoms with Crippen molar-refractivity contribution in [2.75, 3.05) is 6.26 Å². The highest BCUT2D eigenvalue weighted by Crippen LogP contribution is 2.22. The standard InChI is InChI=1S/C13H13ClN2OS/c1-9-10(7-14)8-15-13(16-9)17-11-3-5-12(18-2)6-4-11/h3-6,8H,7H2,1-2H3. The molecule has 0 saturated heterocycles. The van der Waals surface area contributed by atoms with E-state index in [2.05, 4.69) is 9.97 Å². The fourth-order valence-electron chi connectivity index (χ4n) is 1.40. The van der Waals surface area contributed by atoms with E-state index < -0.39 is 0 Å². The van der Waals surface area contributed by atoms with E-state index in [9.17, 15) is 0 Å². The van der Waals surface area contributed by atoms with Crippen molar-refractivity contribution in [1.82, 2.24) is 9.97 Å². The van der Waals surface area contributed by atoms with Crippen molar-refractivity contribution >= 4 is 23.4 Å². The molecule has 0 radical (unpaired) electrons. The quantitative estimate of drug-likeness (QED) is 0.625. The Hall–Kier alpha value is -1.26.